The van der Waals surface area contributed by atoms with E-state index in [1.165, 1.54) is 0 Å². The number of halogens is 1. The lowest BCUT2D eigenvalue weighted by Gasteiger charge is -2.44. The summed E-state index contributed by atoms with van der Waals surface area (Å²) in [6, 6.07) is 17.9. The molecule has 0 unspecified atom stereocenters. The van der Waals surface area contributed by atoms with Crippen molar-refractivity contribution in [3.05, 3.63) is 86.6 Å². The first-order valence-corrected chi connectivity index (χ1v) is 11.7. The molecule has 0 spiro atoms. The van der Waals surface area contributed by atoms with Gasteiger partial charge in [0, 0.05) is 10.9 Å². The van der Waals surface area contributed by atoms with Crippen LogP contribution in [0, 0.1) is 59.2 Å². The highest BCUT2D eigenvalue weighted by Crippen LogP contribution is 2.56. The number of nitrogens with two attached hydrogens (primary N) is 1. The van der Waals surface area contributed by atoms with Crippen molar-refractivity contribution in [3.8, 4) is 24.0 Å². The van der Waals surface area contributed by atoms with E-state index >= 15 is 0 Å². The Bertz CT molecular complexity index is 1300. The fourth-order valence-corrected chi connectivity index (χ4v) is 5.44. The zero-order valence-electron chi connectivity index (χ0n) is 19.2. The molecule has 0 saturated carbocycles. The molecule has 0 aliphatic heterocycles. The second-order valence-corrected chi connectivity index (χ2v) is 9.42. The molecule has 0 fully saturated rings. The van der Waals surface area contributed by atoms with Gasteiger partial charge in [-0.05, 0) is 91.1 Å². The Morgan fingerprint density at radius 1 is 1.09 bits per heavy atom. The summed E-state index contributed by atoms with van der Waals surface area (Å²) < 4.78 is 6.00. The third-order valence-electron chi connectivity index (χ3n) is 7.07. The van der Waals surface area contributed by atoms with E-state index in [9.17, 15) is 15.8 Å². The van der Waals surface area contributed by atoms with E-state index in [1.54, 1.807) is 12.1 Å². The average molecular weight is 469 g/mol. The predicted molar refractivity (Wildman–Crippen MR) is 130 cm³/mol. The zero-order chi connectivity index (χ0) is 24.5. The van der Waals surface area contributed by atoms with Crippen molar-refractivity contribution >= 4 is 11.6 Å². The highest BCUT2D eigenvalue weighted by Gasteiger charge is 2.54. The maximum absolute atomic E-state index is 10.3. The van der Waals surface area contributed by atoms with Crippen LogP contribution < -0.4 is 10.5 Å². The van der Waals surface area contributed by atoms with Crippen molar-refractivity contribution in [3.63, 3.8) is 0 Å². The van der Waals surface area contributed by atoms with Gasteiger partial charge in [-0.1, -0.05) is 29.8 Å². The summed E-state index contributed by atoms with van der Waals surface area (Å²) in [4.78, 5) is 0. The number of rotatable bonds is 4. The highest BCUT2D eigenvalue weighted by atomic mass is 35.5. The van der Waals surface area contributed by atoms with Crippen LogP contribution in [-0.4, -0.2) is 0 Å². The summed E-state index contributed by atoms with van der Waals surface area (Å²) in [5.41, 5.74) is 9.96. The second-order valence-electron chi connectivity index (χ2n) is 8.98. The van der Waals surface area contributed by atoms with Gasteiger partial charge in [0.05, 0.1) is 23.4 Å². The standard InChI is InChI=1S/C28H25ClN4O/c1-17-11-18(2)24(12-19(17)14-34-21-9-7-20(29)8-10-21)26-23-6-4-3-5-22(23)25(13-30)27(33)28(26,15-31)16-32/h5,7-12,23,26H,3-4,6,14,33H2,1-2H3/t23-,26+/m1/s1. The number of nitriles is 3. The van der Waals surface area contributed by atoms with Crippen LogP contribution >= 0.6 is 11.6 Å². The number of hydrogen-bond donors (Lipinski definition) is 1. The molecule has 0 saturated heterocycles. The molecule has 2 aromatic rings. The first-order chi connectivity index (χ1) is 16.4. The number of aryl methyl sites for hydroxylation is 2. The molecule has 2 atom stereocenters. The van der Waals surface area contributed by atoms with Crippen molar-refractivity contribution in [2.45, 2.75) is 45.6 Å². The van der Waals surface area contributed by atoms with Crippen LogP contribution in [0.25, 0.3) is 0 Å². The minimum atomic E-state index is -1.61. The SMILES string of the molecule is Cc1cc(C)c([C@@H]2[C@@H]3CCCC=C3C(C#N)=C(N)C2(C#N)C#N)cc1COc1ccc(Cl)cc1. The van der Waals surface area contributed by atoms with Gasteiger partial charge in [0.15, 0.2) is 5.41 Å². The van der Waals surface area contributed by atoms with E-state index in [-0.39, 0.29) is 11.6 Å². The number of nitrogens with zero attached hydrogens (tertiary/aromatic N) is 3. The van der Waals surface area contributed by atoms with Crippen LogP contribution in [0.3, 0.4) is 0 Å². The van der Waals surface area contributed by atoms with Gasteiger partial charge in [-0.3, -0.25) is 0 Å². The van der Waals surface area contributed by atoms with Gasteiger partial charge < -0.3 is 10.5 Å². The molecule has 2 aliphatic rings. The molecular weight excluding hydrogens is 444 g/mol. The first kappa shape index (κ1) is 23.4. The Labute approximate surface area is 205 Å². The molecule has 5 nitrogen and oxygen atoms in total. The van der Waals surface area contributed by atoms with Crippen LogP contribution in [0.15, 0.2) is 59.3 Å². The van der Waals surface area contributed by atoms with Crippen LogP contribution in [0.5, 0.6) is 5.75 Å². The molecule has 4 rings (SSSR count). The van der Waals surface area contributed by atoms with Crippen molar-refractivity contribution < 1.29 is 4.74 Å². The van der Waals surface area contributed by atoms with Crippen LogP contribution in [0.1, 0.15) is 47.4 Å². The molecule has 34 heavy (non-hydrogen) atoms. The van der Waals surface area contributed by atoms with Gasteiger partial charge in [-0.25, -0.2) is 0 Å². The van der Waals surface area contributed by atoms with E-state index in [2.05, 4.69) is 30.4 Å². The predicted octanol–water partition coefficient (Wildman–Crippen LogP) is 6.13. The van der Waals surface area contributed by atoms with E-state index in [4.69, 9.17) is 22.1 Å². The summed E-state index contributed by atoms with van der Waals surface area (Å²) >= 11 is 5.97. The molecule has 2 aliphatic carbocycles. The Morgan fingerprint density at radius 3 is 2.44 bits per heavy atom. The Balaban J connectivity index is 1.83. The highest BCUT2D eigenvalue weighted by molar-refractivity contribution is 6.30. The second kappa shape index (κ2) is 9.26. The van der Waals surface area contributed by atoms with Gasteiger partial charge in [0.25, 0.3) is 0 Å². The minimum absolute atomic E-state index is 0.0633. The molecule has 170 valence electrons. The number of ether oxygens (including phenoxy) is 1. The zero-order valence-corrected chi connectivity index (χ0v) is 20.0. The van der Waals surface area contributed by atoms with Crippen LogP contribution in [-0.2, 0) is 6.61 Å². The average Bonchev–Trinajstić information content (AvgIpc) is 2.84. The fourth-order valence-electron chi connectivity index (χ4n) is 5.32. The van der Waals surface area contributed by atoms with E-state index in [0.29, 0.717) is 23.0 Å². The Hall–Kier alpha value is -3.72. The Kier molecular flexibility index (Phi) is 6.39. The van der Waals surface area contributed by atoms with Crippen molar-refractivity contribution in [1.82, 2.24) is 0 Å². The number of hydrogen-bond acceptors (Lipinski definition) is 5. The summed E-state index contributed by atoms with van der Waals surface area (Å²) in [6.07, 6.45) is 4.65. The normalized spacial score (nSPS) is 20.9. The van der Waals surface area contributed by atoms with Crippen LogP contribution in [0.2, 0.25) is 5.02 Å². The quantitative estimate of drug-likeness (QED) is 0.580. The lowest BCUT2D eigenvalue weighted by Crippen LogP contribution is -2.43. The van der Waals surface area contributed by atoms with Gasteiger partial charge in [-0.15, -0.1) is 0 Å². The molecule has 0 heterocycles. The largest absolute Gasteiger partial charge is 0.489 e. The molecule has 0 aromatic heterocycles. The van der Waals surface area contributed by atoms with Crippen molar-refractivity contribution in [1.29, 1.82) is 15.8 Å². The maximum atomic E-state index is 10.3. The molecule has 0 radical (unpaired) electrons. The fraction of sp³-hybridized carbons (Fsp3) is 0.321. The monoisotopic (exact) mass is 468 g/mol. The van der Waals surface area contributed by atoms with Gasteiger partial charge in [0.2, 0.25) is 0 Å². The molecule has 0 amide bonds. The van der Waals surface area contributed by atoms with Crippen LogP contribution in [0.4, 0.5) is 0 Å². The maximum Gasteiger partial charge on any atom is 0.191 e. The molecule has 2 aromatic carbocycles. The third kappa shape index (κ3) is 3.81. The molecule has 0 bridgehead atoms. The van der Waals surface area contributed by atoms with Crippen molar-refractivity contribution in [2.75, 3.05) is 0 Å². The van der Waals surface area contributed by atoms with E-state index < -0.39 is 11.3 Å². The summed E-state index contributed by atoms with van der Waals surface area (Å²) in [5.74, 6) is 0.109. The lowest BCUT2D eigenvalue weighted by atomic mass is 9.56. The summed E-state index contributed by atoms with van der Waals surface area (Å²) in [6.45, 7) is 4.35. The third-order valence-corrected chi connectivity index (χ3v) is 7.32. The lowest BCUT2D eigenvalue weighted by molar-refractivity contribution is 0.302. The molecular formula is C28H25ClN4O. The first-order valence-electron chi connectivity index (χ1n) is 11.3. The van der Waals surface area contributed by atoms with Gasteiger partial charge in [0.1, 0.15) is 18.4 Å². The topological polar surface area (TPSA) is 107 Å². The summed E-state index contributed by atoms with van der Waals surface area (Å²) in [7, 11) is 0. The van der Waals surface area contributed by atoms with E-state index in [0.717, 1.165) is 47.1 Å². The van der Waals surface area contributed by atoms with Gasteiger partial charge in [-0.2, -0.15) is 15.8 Å². The van der Waals surface area contributed by atoms with Gasteiger partial charge >= 0.3 is 0 Å². The number of fused-ring (bicyclic) bond motifs is 1. The molecule has 6 heteroatoms. The summed E-state index contributed by atoms with van der Waals surface area (Å²) in [5, 5.41) is 31.0. The smallest absolute Gasteiger partial charge is 0.191 e. The van der Waals surface area contributed by atoms with E-state index in [1.807, 2.05) is 32.0 Å². The Morgan fingerprint density at radius 2 is 1.79 bits per heavy atom. The molecule has 2 N–H and O–H groups in total. The number of benzene rings is 2. The van der Waals surface area contributed by atoms with Crippen molar-refractivity contribution in [2.24, 2.45) is 17.1 Å². The minimum Gasteiger partial charge on any atom is -0.489 e. The number of allylic oxidation sites excluding steroid dienone is 4.